The van der Waals surface area contributed by atoms with E-state index in [2.05, 4.69) is 10.00 Å². The third-order valence-electron chi connectivity index (χ3n) is 4.38. The molecule has 2 aliphatic rings. The first-order valence-electron chi connectivity index (χ1n) is 7.63. The van der Waals surface area contributed by atoms with E-state index in [1.165, 1.54) is 0 Å². The van der Waals surface area contributed by atoms with Gasteiger partial charge in [0.2, 0.25) is 0 Å². The Kier molecular flexibility index (Phi) is 4.12. The van der Waals surface area contributed by atoms with Gasteiger partial charge in [-0.15, -0.1) is 0 Å². The number of aromatic nitrogens is 2. The number of rotatable bonds is 3. The van der Waals surface area contributed by atoms with E-state index in [0.717, 1.165) is 45.8 Å². The lowest BCUT2D eigenvalue weighted by Gasteiger charge is -2.32. The van der Waals surface area contributed by atoms with Crippen molar-refractivity contribution < 1.29 is 9.53 Å². The first-order valence-corrected chi connectivity index (χ1v) is 7.63. The van der Waals surface area contributed by atoms with E-state index in [1.54, 1.807) is 10.9 Å². The monoisotopic (exact) mass is 293 g/mol. The lowest BCUT2D eigenvalue weighted by molar-refractivity contribution is 0.0185. The normalized spacial score (nSPS) is 23.7. The number of morpholine rings is 1. The van der Waals surface area contributed by atoms with Crippen molar-refractivity contribution in [2.45, 2.75) is 25.9 Å². The Morgan fingerprint density at radius 2 is 2.19 bits per heavy atom. The Hall–Kier alpha value is -1.60. The number of carbonyl (C=O) groups excluding carboxylic acids is 1. The Morgan fingerprint density at radius 1 is 1.43 bits per heavy atom. The average Bonchev–Trinajstić information content (AvgIpc) is 3.14. The van der Waals surface area contributed by atoms with Crippen molar-refractivity contribution in [2.75, 3.05) is 45.1 Å². The van der Waals surface area contributed by atoms with Crippen molar-refractivity contribution in [2.24, 2.45) is 0 Å². The van der Waals surface area contributed by atoms with Crippen molar-refractivity contribution in [3.8, 4) is 0 Å². The van der Waals surface area contributed by atoms with Gasteiger partial charge in [-0.05, 0) is 13.3 Å². The van der Waals surface area contributed by atoms with Crippen molar-refractivity contribution in [1.29, 1.82) is 0 Å². The molecular weight excluding hydrogens is 270 g/mol. The number of aryl methyl sites for hydroxylation is 1. The van der Waals surface area contributed by atoms with Crippen molar-refractivity contribution in [1.82, 2.24) is 19.6 Å². The molecule has 2 fully saturated rings. The molecule has 7 nitrogen and oxygen atoms in total. The van der Waals surface area contributed by atoms with Crippen LogP contribution in [-0.2, 0) is 11.3 Å². The number of nitrogens with zero attached hydrogens (tertiary/aromatic N) is 4. The molecule has 0 radical (unpaired) electrons. The van der Waals surface area contributed by atoms with Crippen LogP contribution in [0.15, 0.2) is 6.20 Å². The standard InChI is InChI=1S/C14H23N5O2/c1-2-19-13(12(15)9-16-19)14(20)18-4-3-11(10-18)17-5-7-21-8-6-17/h9,11H,2-8,10,15H2,1H3. The van der Waals surface area contributed by atoms with Gasteiger partial charge in [0, 0.05) is 38.8 Å². The predicted octanol–water partition coefficient (Wildman–Crippen LogP) is 0.0319. The molecule has 1 atom stereocenters. The number of amides is 1. The molecule has 0 bridgehead atoms. The van der Waals surface area contributed by atoms with E-state index in [1.807, 2.05) is 11.8 Å². The number of ether oxygens (including phenoxy) is 1. The zero-order valence-electron chi connectivity index (χ0n) is 12.5. The van der Waals surface area contributed by atoms with Crippen molar-refractivity contribution in [3.05, 3.63) is 11.9 Å². The van der Waals surface area contributed by atoms with Crippen LogP contribution in [0.3, 0.4) is 0 Å². The number of carbonyl (C=O) groups is 1. The van der Waals surface area contributed by atoms with Gasteiger partial charge in [-0.2, -0.15) is 5.10 Å². The first kappa shape index (κ1) is 14.3. The number of nitrogen functional groups attached to an aromatic ring is 1. The van der Waals surface area contributed by atoms with E-state index in [4.69, 9.17) is 10.5 Å². The average molecular weight is 293 g/mol. The molecule has 3 heterocycles. The lowest BCUT2D eigenvalue weighted by Crippen LogP contribution is -2.45. The van der Waals surface area contributed by atoms with Gasteiger partial charge in [-0.3, -0.25) is 14.4 Å². The van der Waals surface area contributed by atoms with Crippen LogP contribution in [0, 0.1) is 0 Å². The molecule has 1 amide bonds. The highest BCUT2D eigenvalue weighted by Gasteiger charge is 2.33. The fourth-order valence-electron chi connectivity index (χ4n) is 3.19. The van der Waals surface area contributed by atoms with Gasteiger partial charge < -0.3 is 15.4 Å². The smallest absolute Gasteiger partial charge is 0.274 e. The van der Waals surface area contributed by atoms with E-state index < -0.39 is 0 Å². The second-order valence-electron chi connectivity index (χ2n) is 5.61. The van der Waals surface area contributed by atoms with Crippen molar-refractivity contribution in [3.63, 3.8) is 0 Å². The molecule has 2 aliphatic heterocycles. The third kappa shape index (κ3) is 2.75. The van der Waals surface area contributed by atoms with Crippen LogP contribution in [0.4, 0.5) is 5.69 Å². The van der Waals surface area contributed by atoms with Gasteiger partial charge in [0.05, 0.1) is 25.1 Å². The van der Waals surface area contributed by atoms with E-state index in [9.17, 15) is 4.79 Å². The molecule has 116 valence electrons. The van der Waals surface area contributed by atoms with Crippen LogP contribution in [0.2, 0.25) is 0 Å². The maximum atomic E-state index is 12.7. The summed E-state index contributed by atoms with van der Waals surface area (Å²) in [5.74, 6) is 0.00242. The van der Waals surface area contributed by atoms with Crippen LogP contribution in [-0.4, -0.2) is 70.9 Å². The minimum absolute atomic E-state index is 0.00242. The van der Waals surface area contributed by atoms with E-state index in [-0.39, 0.29) is 5.91 Å². The molecule has 0 spiro atoms. The maximum absolute atomic E-state index is 12.7. The van der Waals surface area contributed by atoms with Gasteiger partial charge in [0.15, 0.2) is 0 Å². The molecule has 0 aromatic carbocycles. The highest BCUT2D eigenvalue weighted by atomic mass is 16.5. The lowest BCUT2D eigenvalue weighted by atomic mass is 10.2. The fourth-order valence-corrected chi connectivity index (χ4v) is 3.19. The molecule has 3 rings (SSSR count). The number of hydrogen-bond acceptors (Lipinski definition) is 5. The summed E-state index contributed by atoms with van der Waals surface area (Å²) in [6.45, 7) is 7.68. The summed E-state index contributed by atoms with van der Waals surface area (Å²) in [4.78, 5) is 17.0. The van der Waals surface area contributed by atoms with Crippen molar-refractivity contribution >= 4 is 11.6 Å². The second-order valence-corrected chi connectivity index (χ2v) is 5.61. The molecule has 0 saturated carbocycles. The molecule has 0 aliphatic carbocycles. The van der Waals surface area contributed by atoms with Crippen LogP contribution in [0.5, 0.6) is 0 Å². The maximum Gasteiger partial charge on any atom is 0.274 e. The number of anilines is 1. The molecule has 1 unspecified atom stereocenters. The number of likely N-dealkylation sites (tertiary alicyclic amines) is 1. The summed E-state index contributed by atoms with van der Waals surface area (Å²) >= 11 is 0. The van der Waals surface area contributed by atoms with Crippen LogP contribution in [0.25, 0.3) is 0 Å². The molecule has 1 aromatic heterocycles. The number of nitrogens with two attached hydrogens (primary N) is 1. The summed E-state index contributed by atoms with van der Waals surface area (Å²) in [6.07, 6.45) is 2.58. The van der Waals surface area contributed by atoms with Gasteiger partial charge in [0.25, 0.3) is 5.91 Å². The number of hydrogen-bond donors (Lipinski definition) is 1. The van der Waals surface area contributed by atoms with Gasteiger partial charge in [-0.1, -0.05) is 0 Å². The zero-order valence-corrected chi connectivity index (χ0v) is 12.5. The minimum atomic E-state index is 0.00242. The summed E-state index contributed by atoms with van der Waals surface area (Å²) in [5, 5.41) is 4.15. The van der Waals surface area contributed by atoms with Crippen LogP contribution < -0.4 is 5.73 Å². The van der Waals surface area contributed by atoms with Gasteiger partial charge in [0.1, 0.15) is 5.69 Å². The van der Waals surface area contributed by atoms with Crippen LogP contribution >= 0.6 is 0 Å². The molecule has 1 aromatic rings. The Morgan fingerprint density at radius 3 is 2.90 bits per heavy atom. The summed E-state index contributed by atoms with van der Waals surface area (Å²) in [6, 6.07) is 0.442. The fraction of sp³-hybridized carbons (Fsp3) is 0.714. The summed E-state index contributed by atoms with van der Waals surface area (Å²) in [7, 11) is 0. The second kappa shape index (κ2) is 6.03. The topological polar surface area (TPSA) is 76.6 Å². The highest BCUT2D eigenvalue weighted by Crippen LogP contribution is 2.21. The Balaban J connectivity index is 1.67. The molecular formula is C14H23N5O2. The molecule has 2 N–H and O–H groups in total. The van der Waals surface area contributed by atoms with E-state index in [0.29, 0.717) is 24.0 Å². The van der Waals surface area contributed by atoms with Gasteiger partial charge >= 0.3 is 0 Å². The Labute approximate surface area is 124 Å². The largest absolute Gasteiger partial charge is 0.396 e. The molecule has 2 saturated heterocycles. The zero-order chi connectivity index (χ0) is 14.8. The van der Waals surface area contributed by atoms with E-state index >= 15 is 0 Å². The SMILES string of the molecule is CCn1ncc(N)c1C(=O)N1CCC(N2CCOCC2)C1. The quantitative estimate of drug-likeness (QED) is 0.851. The summed E-state index contributed by atoms with van der Waals surface area (Å²) < 4.78 is 7.07. The Bertz CT molecular complexity index is 509. The predicted molar refractivity (Wildman–Crippen MR) is 79.0 cm³/mol. The molecule has 21 heavy (non-hydrogen) atoms. The molecule has 7 heteroatoms. The minimum Gasteiger partial charge on any atom is -0.396 e. The summed E-state index contributed by atoms with van der Waals surface area (Å²) in [5.41, 5.74) is 6.90. The van der Waals surface area contributed by atoms with Crippen LogP contribution in [0.1, 0.15) is 23.8 Å². The first-order chi connectivity index (χ1) is 10.2. The van der Waals surface area contributed by atoms with Gasteiger partial charge in [-0.25, -0.2) is 0 Å². The third-order valence-corrected chi connectivity index (χ3v) is 4.38. The highest BCUT2D eigenvalue weighted by molar-refractivity contribution is 5.97.